The Labute approximate surface area is 132 Å². The molecule has 1 N–H and O–H groups in total. The lowest BCUT2D eigenvalue weighted by molar-refractivity contribution is -0.124. The second kappa shape index (κ2) is 8.85. The predicted molar refractivity (Wildman–Crippen MR) is 77.6 cm³/mol. The summed E-state index contributed by atoms with van der Waals surface area (Å²) in [5, 5.41) is 6.05. The van der Waals surface area contributed by atoms with Crippen molar-refractivity contribution in [3.63, 3.8) is 0 Å². The molecule has 0 aliphatic carbocycles. The molecule has 1 aromatic rings. The van der Waals surface area contributed by atoms with Crippen LogP contribution in [0.15, 0.2) is 6.07 Å². The van der Waals surface area contributed by atoms with E-state index in [1.165, 1.54) is 6.92 Å². The normalized spacial score (nSPS) is 13.1. The van der Waals surface area contributed by atoms with Crippen LogP contribution in [0.25, 0.3) is 0 Å². The van der Waals surface area contributed by atoms with Crippen LogP contribution in [-0.4, -0.2) is 46.8 Å². The van der Waals surface area contributed by atoms with Crippen molar-refractivity contribution in [3.8, 4) is 0 Å². The molecule has 1 aromatic heterocycles. The molecule has 0 aliphatic rings. The lowest BCUT2D eigenvalue weighted by atomic mass is 10.3. The molecule has 0 aromatic carbocycles. The molecular weight excluding hydrogens is 316 g/mol. The van der Waals surface area contributed by atoms with Crippen molar-refractivity contribution >= 4 is 5.91 Å². The fraction of sp³-hybridized carbons (Fsp3) is 0.714. The Morgan fingerprint density at radius 3 is 2.35 bits per heavy atom. The highest BCUT2D eigenvalue weighted by atomic mass is 19.3. The molecular formula is C14H22F4N4O. The first-order valence-electron chi connectivity index (χ1n) is 7.47. The first kappa shape index (κ1) is 19.4. The van der Waals surface area contributed by atoms with E-state index in [4.69, 9.17) is 0 Å². The van der Waals surface area contributed by atoms with Crippen LogP contribution in [0, 0.1) is 0 Å². The van der Waals surface area contributed by atoms with Gasteiger partial charge < -0.3 is 10.2 Å². The van der Waals surface area contributed by atoms with Gasteiger partial charge in [0.1, 0.15) is 17.4 Å². The van der Waals surface area contributed by atoms with Gasteiger partial charge in [-0.25, -0.2) is 17.6 Å². The Morgan fingerprint density at radius 1 is 1.26 bits per heavy atom. The van der Waals surface area contributed by atoms with Gasteiger partial charge in [-0.1, -0.05) is 13.8 Å². The summed E-state index contributed by atoms with van der Waals surface area (Å²) in [5.74, 6) is -0.539. The van der Waals surface area contributed by atoms with Gasteiger partial charge >= 0.3 is 0 Å². The molecule has 0 saturated carbocycles. The minimum Gasteiger partial charge on any atom is -0.353 e. The van der Waals surface area contributed by atoms with Crippen LogP contribution in [0.4, 0.5) is 17.6 Å². The van der Waals surface area contributed by atoms with E-state index in [0.717, 1.165) is 13.1 Å². The smallest absolute Gasteiger partial charge is 0.282 e. The Morgan fingerprint density at radius 2 is 1.87 bits per heavy atom. The lowest BCUT2D eigenvalue weighted by Gasteiger charge is -2.20. The molecule has 0 aliphatic heterocycles. The number of hydrogen-bond acceptors (Lipinski definition) is 3. The van der Waals surface area contributed by atoms with Gasteiger partial charge in [-0.05, 0) is 26.1 Å². The van der Waals surface area contributed by atoms with Gasteiger partial charge in [-0.2, -0.15) is 5.10 Å². The molecule has 1 amide bonds. The minimum atomic E-state index is -2.99. The largest absolute Gasteiger partial charge is 0.353 e. The number of nitrogens with zero attached hydrogens (tertiary/aromatic N) is 3. The number of carbonyl (C=O) groups is 1. The molecule has 1 heterocycles. The maximum Gasteiger partial charge on any atom is 0.282 e. The van der Waals surface area contributed by atoms with E-state index in [2.05, 4.69) is 15.3 Å². The average molecular weight is 338 g/mol. The highest BCUT2D eigenvalue weighted by Gasteiger charge is 2.26. The summed E-state index contributed by atoms with van der Waals surface area (Å²) in [6.45, 7) is 7.94. The quantitative estimate of drug-likeness (QED) is 0.705. The fourth-order valence-electron chi connectivity index (χ4n) is 2.14. The van der Waals surface area contributed by atoms with Gasteiger partial charge in [0.2, 0.25) is 5.91 Å². The molecule has 1 atom stereocenters. The van der Waals surface area contributed by atoms with Gasteiger partial charge in [0, 0.05) is 13.1 Å². The van der Waals surface area contributed by atoms with Gasteiger partial charge in [0.25, 0.3) is 12.9 Å². The number of rotatable bonds is 9. The van der Waals surface area contributed by atoms with Gasteiger partial charge in [-0.3, -0.25) is 9.48 Å². The van der Waals surface area contributed by atoms with Crippen LogP contribution in [0.1, 0.15) is 51.1 Å². The number of nitrogens with one attached hydrogen (secondary N) is 1. The molecule has 0 saturated heterocycles. The Hall–Kier alpha value is -1.64. The van der Waals surface area contributed by atoms with Gasteiger partial charge in [0.15, 0.2) is 0 Å². The third kappa shape index (κ3) is 5.19. The summed E-state index contributed by atoms with van der Waals surface area (Å²) in [4.78, 5) is 14.1. The third-order valence-electron chi connectivity index (χ3n) is 3.60. The second-order valence-corrected chi connectivity index (χ2v) is 5.03. The summed E-state index contributed by atoms with van der Waals surface area (Å²) >= 11 is 0. The van der Waals surface area contributed by atoms with Crippen LogP contribution in [0.5, 0.6) is 0 Å². The van der Waals surface area contributed by atoms with E-state index in [1.807, 2.05) is 13.8 Å². The molecule has 132 valence electrons. The molecule has 0 radical (unpaired) electrons. The number of halogens is 4. The zero-order valence-corrected chi connectivity index (χ0v) is 13.4. The highest BCUT2D eigenvalue weighted by Crippen LogP contribution is 2.27. The molecule has 0 bridgehead atoms. The Balaban J connectivity index is 2.75. The number of amides is 1. The summed E-state index contributed by atoms with van der Waals surface area (Å²) < 4.78 is 51.8. The molecule has 9 heteroatoms. The first-order valence-corrected chi connectivity index (χ1v) is 7.47. The van der Waals surface area contributed by atoms with Crippen LogP contribution >= 0.6 is 0 Å². The van der Waals surface area contributed by atoms with Crippen LogP contribution in [-0.2, 0) is 4.79 Å². The van der Waals surface area contributed by atoms with Crippen molar-refractivity contribution in [2.75, 3.05) is 26.2 Å². The molecule has 23 heavy (non-hydrogen) atoms. The number of alkyl halides is 4. The predicted octanol–water partition coefficient (Wildman–Crippen LogP) is 2.78. The topological polar surface area (TPSA) is 50.2 Å². The van der Waals surface area contributed by atoms with Gasteiger partial charge in [0.05, 0.1) is 0 Å². The van der Waals surface area contributed by atoms with Crippen molar-refractivity contribution in [2.24, 2.45) is 0 Å². The minimum absolute atomic E-state index is 0.345. The number of hydrogen-bond donors (Lipinski definition) is 1. The summed E-state index contributed by atoms with van der Waals surface area (Å²) in [5.41, 5.74) is -1.45. The van der Waals surface area contributed by atoms with Gasteiger partial charge in [-0.15, -0.1) is 0 Å². The SMILES string of the molecule is CCN(CC)CCNC(=O)C(C)n1nc(C(F)F)cc1C(F)F. The van der Waals surface area contributed by atoms with E-state index in [1.54, 1.807) is 0 Å². The first-order chi connectivity index (χ1) is 10.8. The average Bonchev–Trinajstić information content (AvgIpc) is 2.96. The molecule has 0 spiro atoms. The highest BCUT2D eigenvalue weighted by molar-refractivity contribution is 5.79. The molecule has 1 rings (SSSR count). The van der Waals surface area contributed by atoms with E-state index in [9.17, 15) is 22.4 Å². The van der Waals surface area contributed by atoms with E-state index >= 15 is 0 Å². The maximum atomic E-state index is 12.9. The zero-order chi connectivity index (χ0) is 17.6. The number of likely N-dealkylation sites (N-methyl/N-ethyl adjacent to an activating group) is 1. The van der Waals surface area contributed by atoms with Crippen molar-refractivity contribution < 1.29 is 22.4 Å². The third-order valence-corrected chi connectivity index (χ3v) is 3.60. The van der Waals surface area contributed by atoms with E-state index < -0.39 is 36.2 Å². The second-order valence-electron chi connectivity index (χ2n) is 5.03. The van der Waals surface area contributed by atoms with Crippen molar-refractivity contribution in [1.29, 1.82) is 0 Å². The van der Waals surface area contributed by atoms with Crippen molar-refractivity contribution in [2.45, 2.75) is 39.7 Å². The van der Waals surface area contributed by atoms with Crippen molar-refractivity contribution in [1.82, 2.24) is 20.0 Å². The standard InChI is InChI=1S/C14H22F4N4O/c1-4-21(5-2)7-6-19-14(23)9(3)22-11(13(17)18)8-10(20-22)12(15)16/h8-9,12-13H,4-7H2,1-3H3,(H,19,23). The van der Waals surface area contributed by atoms with Crippen molar-refractivity contribution in [3.05, 3.63) is 17.5 Å². The van der Waals surface area contributed by atoms with Crippen LogP contribution < -0.4 is 5.32 Å². The summed E-state index contributed by atoms with van der Waals surface area (Å²) in [6, 6.07) is -0.460. The van der Waals surface area contributed by atoms with Crippen LogP contribution in [0.2, 0.25) is 0 Å². The molecule has 1 unspecified atom stereocenters. The van der Waals surface area contributed by atoms with E-state index in [-0.39, 0.29) is 0 Å². The maximum absolute atomic E-state index is 12.9. The fourth-order valence-corrected chi connectivity index (χ4v) is 2.14. The summed E-state index contributed by atoms with van der Waals surface area (Å²) in [7, 11) is 0. The Kier molecular flexibility index (Phi) is 7.47. The zero-order valence-electron chi connectivity index (χ0n) is 13.4. The monoisotopic (exact) mass is 338 g/mol. The molecule has 5 nitrogen and oxygen atoms in total. The number of carbonyl (C=O) groups excluding carboxylic acids is 1. The number of aromatic nitrogens is 2. The van der Waals surface area contributed by atoms with E-state index in [0.29, 0.717) is 23.8 Å². The lowest BCUT2D eigenvalue weighted by Crippen LogP contribution is -2.38. The Bertz CT molecular complexity index is 503. The van der Waals surface area contributed by atoms with Crippen LogP contribution in [0.3, 0.4) is 0 Å². The molecule has 0 fully saturated rings. The summed E-state index contributed by atoms with van der Waals surface area (Å²) in [6.07, 6.45) is -5.95.